The average Bonchev–Trinajstić information content (AvgIpc) is 3.40. The number of hydrogen-bond donors (Lipinski definition) is 1. The van der Waals surface area contributed by atoms with Gasteiger partial charge in [-0.25, -0.2) is 4.98 Å². The van der Waals surface area contributed by atoms with E-state index in [1.165, 1.54) is 35.8 Å². The molecule has 2 saturated heterocycles. The summed E-state index contributed by atoms with van der Waals surface area (Å²) in [5, 5.41) is 3.49. The zero-order chi connectivity index (χ0) is 26.6. The maximum absolute atomic E-state index is 13.1. The van der Waals surface area contributed by atoms with Gasteiger partial charge in [0.25, 0.3) is 5.56 Å². The molecule has 3 aromatic rings. The molecule has 5 rings (SSSR count). The third-order valence-corrected chi connectivity index (χ3v) is 8.25. The second-order valence-corrected chi connectivity index (χ2v) is 10.6. The van der Waals surface area contributed by atoms with Crippen LogP contribution in [0.3, 0.4) is 0 Å². The number of amides is 2. The molecule has 12 heteroatoms. The highest BCUT2D eigenvalue weighted by Crippen LogP contribution is 2.31. The van der Waals surface area contributed by atoms with Gasteiger partial charge < -0.3 is 24.6 Å². The third-order valence-electron chi connectivity index (χ3n) is 7.15. The molecule has 0 radical (unpaired) electrons. The first kappa shape index (κ1) is 26.0. The van der Waals surface area contributed by atoms with Crippen molar-refractivity contribution in [3.63, 3.8) is 0 Å². The van der Waals surface area contributed by atoms with E-state index in [0.29, 0.717) is 40.6 Å². The van der Waals surface area contributed by atoms with E-state index in [0.717, 1.165) is 43.9 Å². The molecule has 4 heterocycles. The van der Waals surface area contributed by atoms with Gasteiger partial charge in [-0.3, -0.25) is 19.0 Å². The van der Waals surface area contributed by atoms with E-state index in [9.17, 15) is 14.4 Å². The maximum atomic E-state index is 13.1. The van der Waals surface area contributed by atoms with E-state index in [-0.39, 0.29) is 29.8 Å². The molecule has 0 unspecified atom stereocenters. The predicted molar refractivity (Wildman–Crippen MR) is 145 cm³/mol. The highest BCUT2D eigenvalue weighted by molar-refractivity contribution is 7.22. The molecule has 0 spiro atoms. The number of carbonyl (C=O) groups is 2. The molecule has 2 amide bonds. The van der Waals surface area contributed by atoms with Crippen LogP contribution in [-0.4, -0.2) is 71.6 Å². The van der Waals surface area contributed by atoms with Crippen molar-refractivity contribution in [1.82, 2.24) is 19.4 Å². The fraction of sp³-hybridized carbons (Fsp3) is 0.500. The van der Waals surface area contributed by atoms with Crippen LogP contribution in [0.1, 0.15) is 32.1 Å². The minimum Gasteiger partial charge on any atom is -0.497 e. The van der Waals surface area contributed by atoms with Crippen molar-refractivity contribution >= 4 is 44.3 Å². The van der Waals surface area contributed by atoms with Gasteiger partial charge >= 0.3 is 0 Å². The highest BCUT2D eigenvalue weighted by Gasteiger charge is 2.30. The number of benzene rings is 1. The fourth-order valence-corrected chi connectivity index (χ4v) is 6.04. The molecule has 11 nitrogen and oxygen atoms in total. The molecule has 0 saturated carbocycles. The molecular formula is C26H32N6O5S. The number of anilines is 2. The first-order valence-corrected chi connectivity index (χ1v) is 13.7. The lowest BCUT2D eigenvalue weighted by atomic mass is 9.94. The Morgan fingerprint density at radius 3 is 2.55 bits per heavy atom. The van der Waals surface area contributed by atoms with E-state index in [2.05, 4.69) is 20.2 Å². The van der Waals surface area contributed by atoms with Gasteiger partial charge in [0.05, 0.1) is 19.9 Å². The van der Waals surface area contributed by atoms with Crippen molar-refractivity contribution in [2.24, 2.45) is 5.92 Å². The lowest BCUT2D eigenvalue weighted by Crippen LogP contribution is -2.44. The van der Waals surface area contributed by atoms with E-state index < -0.39 is 0 Å². The molecule has 2 aliphatic heterocycles. The molecule has 202 valence electrons. The number of likely N-dealkylation sites (tertiary alicyclic amines) is 1. The van der Waals surface area contributed by atoms with E-state index in [4.69, 9.17) is 9.47 Å². The normalized spacial score (nSPS) is 16.5. The van der Waals surface area contributed by atoms with E-state index in [1.54, 1.807) is 25.3 Å². The Hall–Kier alpha value is -3.67. The number of hydrogen-bond acceptors (Lipinski definition) is 9. The maximum Gasteiger partial charge on any atom is 0.273 e. The zero-order valence-electron chi connectivity index (χ0n) is 21.6. The second kappa shape index (κ2) is 11.4. The lowest BCUT2D eigenvalue weighted by Gasteiger charge is -2.35. The minimum atomic E-state index is -0.387. The van der Waals surface area contributed by atoms with Gasteiger partial charge in [-0.1, -0.05) is 11.3 Å². The molecule has 0 bridgehead atoms. The Bertz CT molecular complexity index is 1370. The lowest BCUT2D eigenvalue weighted by molar-refractivity contribution is -0.137. The second-order valence-electron chi connectivity index (χ2n) is 9.59. The van der Waals surface area contributed by atoms with Crippen LogP contribution in [0.4, 0.5) is 10.8 Å². The van der Waals surface area contributed by atoms with Crippen LogP contribution in [-0.2, 0) is 16.1 Å². The molecule has 38 heavy (non-hydrogen) atoms. The first-order chi connectivity index (χ1) is 18.5. The number of aromatic nitrogens is 3. The number of fused-ring (bicyclic) bond motifs is 1. The summed E-state index contributed by atoms with van der Waals surface area (Å²) in [6.07, 6.45) is 6.30. The molecule has 2 aliphatic rings. The molecule has 0 aliphatic carbocycles. The molecular weight excluding hydrogens is 508 g/mol. The number of methoxy groups -OCH3 is 2. The van der Waals surface area contributed by atoms with Crippen molar-refractivity contribution in [1.29, 1.82) is 0 Å². The van der Waals surface area contributed by atoms with Crippen LogP contribution < -0.4 is 25.2 Å². The Morgan fingerprint density at radius 1 is 1.08 bits per heavy atom. The summed E-state index contributed by atoms with van der Waals surface area (Å²) in [5.41, 5.74) is 0.531. The molecule has 0 atom stereocenters. The van der Waals surface area contributed by atoms with Crippen LogP contribution >= 0.6 is 11.3 Å². The summed E-state index contributed by atoms with van der Waals surface area (Å²) in [7, 11) is 3.05. The van der Waals surface area contributed by atoms with Gasteiger partial charge in [0.2, 0.25) is 11.8 Å². The van der Waals surface area contributed by atoms with Crippen LogP contribution in [0.15, 0.2) is 29.3 Å². The number of nitrogens with zero attached hydrogens (tertiary/aromatic N) is 5. The smallest absolute Gasteiger partial charge is 0.273 e. The number of thiazole rings is 1. The van der Waals surface area contributed by atoms with Crippen molar-refractivity contribution in [3.05, 3.63) is 34.9 Å². The van der Waals surface area contributed by atoms with Crippen molar-refractivity contribution in [3.8, 4) is 11.5 Å². The Labute approximate surface area is 224 Å². The fourth-order valence-electron chi connectivity index (χ4n) is 5.02. The Kier molecular flexibility index (Phi) is 7.77. The van der Waals surface area contributed by atoms with Gasteiger partial charge in [0, 0.05) is 38.2 Å². The highest BCUT2D eigenvalue weighted by atomic mass is 32.1. The monoisotopic (exact) mass is 540 g/mol. The van der Waals surface area contributed by atoms with Crippen LogP contribution in [0.25, 0.3) is 10.3 Å². The van der Waals surface area contributed by atoms with Crippen LogP contribution in [0.2, 0.25) is 0 Å². The predicted octanol–water partition coefficient (Wildman–Crippen LogP) is 2.74. The summed E-state index contributed by atoms with van der Waals surface area (Å²) >= 11 is 1.28. The van der Waals surface area contributed by atoms with E-state index in [1.807, 2.05) is 4.90 Å². The summed E-state index contributed by atoms with van der Waals surface area (Å²) in [5.74, 6) is 0.999. The SMILES string of the molecule is COc1ccc(NC(=O)Cn2cnc3nc(N4CCC(C(=O)N5CCCCC5)CC4)sc3c2=O)c(OC)c1. The summed E-state index contributed by atoms with van der Waals surface area (Å²) in [6, 6.07) is 5.06. The number of rotatable bonds is 7. The van der Waals surface area contributed by atoms with Gasteiger partial charge in [-0.2, -0.15) is 4.98 Å². The number of piperidine rings is 2. The van der Waals surface area contributed by atoms with Gasteiger partial charge in [-0.05, 0) is 44.2 Å². The topological polar surface area (TPSA) is 119 Å². The van der Waals surface area contributed by atoms with E-state index >= 15 is 0 Å². The van der Waals surface area contributed by atoms with Crippen molar-refractivity contribution in [2.45, 2.75) is 38.6 Å². The standard InChI is InChI=1S/C26H32N6O5S/c1-36-18-6-7-19(20(14-18)37-2)28-21(33)15-32-16-27-23-22(25(32)35)38-26(29-23)31-12-8-17(9-13-31)24(34)30-10-4-3-5-11-30/h6-7,14,16-17H,3-5,8-13,15H2,1-2H3,(H,28,33). The third kappa shape index (κ3) is 5.45. The minimum absolute atomic E-state index is 0.0527. The Morgan fingerprint density at radius 2 is 1.84 bits per heavy atom. The summed E-state index contributed by atoms with van der Waals surface area (Å²) in [6.45, 7) is 2.98. The van der Waals surface area contributed by atoms with Gasteiger partial charge in [0.1, 0.15) is 29.1 Å². The van der Waals surface area contributed by atoms with Gasteiger partial charge in [-0.15, -0.1) is 0 Å². The Balaban J connectivity index is 1.24. The molecule has 1 N–H and O–H groups in total. The number of carbonyl (C=O) groups excluding carboxylic acids is 2. The first-order valence-electron chi connectivity index (χ1n) is 12.9. The van der Waals surface area contributed by atoms with Crippen LogP contribution in [0, 0.1) is 5.92 Å². The van der Waals surface area contributed by atoms with Crippen molar-refractivity contribution in [2.75, 3.05) is 50.6 Å². The molecule has 1 aromatic carbocycles. The van der Waals surface area contributed by atoms with Crippen molar-refractivity contribution < 1.29 is 19.1 Å². The molecule has 2 fully saturated rings. The van der Waals surface area contributed by atoms with Gasteiger partial charge in [0.15, 0.2) is 10.8 Å². The quantitative estimate of drug-likeness (QED) is 0.486. The van der Waals surface area contributed by atoms with Crippen LogP contribution in [0.5, 0.6) is 11.5 Å². The summed E-state index contributed by atoms with van der Waals surface area (Å²) in [4.78, 5) is 51.8. The zero-order valence-corrected chi connectivity index (χ0v) is 22.5. The largest absolute Gasteiger partial charge is 0.497 e. The molecule has 2 aromatic heterocycles. The average molecular weight is 541 g/mol. The number of nitrogens with one attached hydrogen (secondary N) is 1. The summed E-state index contributed by atoms with van der Waals surface area (Å²) < 4.78 is 12.2. The number of ether oxygens (including phenoxy) is 2.